The first kappa shape index (κ1) is 13.5. The van der Waals surface area contributed by atoms with E-state index in [-0.39, 0.29) is 6.42 Å². The first-order valence-electron chi connectivity index (χ1n) is 5.79. The van der Waals surface area contributed by atoms with E-state index in [1.165, 1.54) is 4.90 Å². The lowest BCUT2D eigenvalue weighted by Crippen LogP contribution is -3.06. The van der Waals surface area contributed by atoms with Gasteiger partial charge in [-0.15, -0.1) is 0 Å². The molecule has 94 valence electrons. The lowest BCUT2D eigenvalue weighted by Gasteiger charge is -2.12. The molecule has 0 saturated carbocycles. The SMILES string of the molecule is C[NH+](C)CCOc1ccccc1CCC(=O)[O-]. The number of carbonyl (C=O) groups excluding carboxylic acids is 1. The Morgan fingerprint density at radius 3 is 2.71 bits per heavy atom. The van der Waals surface area contributed by atoms with Gasteiger partial charge < -0.3 is 19.5 Å². The van der Waals surface area contributed by atoms with Gasteiger partial charge in [-0.1, -0.05) is 18.2 Å². The Kier molecular flexibility index (Phi) is 5.49. The zero-order valence-corrected chi connectivity index (χ0v) is 10.4. The lowest BCUT2D eigenvalue weighted by molar-refractivity contribution is -0.858. The number of ether oxygens (including phenoxy) is 1. The highest BCUT2D eigenvalue weighted by atomic mass is 16.5. The predicted octanol–water partition coefficient (Wildman–Crippen LogP) is -1.11. The predicted molar refractivity (Wildman–Crippen MR) is 62.9 cm³/mol. The molecule has 1 N–H and O–H groups in total. The number of likely N-dealkylation sites (N-methyl/N-ethyl adjacent to an activating group) is 1. The van der Waals surface area contributed by atoms with Crippen LogP contribution in [-0.2, 0) is 11.2 Å². The molecule has 0 fully saturated rings. The number of hydrogen-bond donors (Lipinski definition) is 1. The van der Waals surface area contributed by atoms with Crippen LogP contribution in [0.15, 0.2) is 24.3 Å². The van der Waals surface area contributed by atoms with Gasteiger partial charge in [-0.2, -0.15) is 0 Å². The maximum absolute atomic E-state index is 10.4. The zero-order valence-electron chi connectivity index (χ0n) is 10.4. The fourth-order valence-corrected chi connectivity index (χ4v) is 1.45. The van der Waals surface area contributed by atoms with Gasteiger partial charge in [0.1, 0.15) is 18.9 Å². The third-order valence-electron chi connectivity index (χ3n) is 2.43. The van der Waals surface area contributed by atoms with E-state index in [0.29, 0.717) is 13.0 Å². The summed E-state index contributed by atoms with van der Waals surface area (Å²) in [6, 6.07) is 7.53. The number of aliphatic carboxylic acids is 1. The van der Waals surface area contributed by atoms with Crippen molar-refractivity contribution in [2.45, 2.75) is 12.8 Å². The molecule has 0 aliphatic carbocycles. The number of nitrogens with one attached hydrogen (secondary N) is 1. The average molecular weight is 237 g/mol. The number of quaternary nitrogens is 1. The van der Waals surface area contributed by atoms with Gasteiger partial charge in [0.15, 0.2) is 0 Å². The van der Waals surface area contributed by atoms with E-state index in [0.717, 1.165) is 17.9 Å². The van der Waals surface area contributed by atoms with Crippen molar-refractivity contribution < 1.29 is 19.5 Å². The van der Waals surface area contributed by atoms with E-state index in [4.69, 9.17) is 4.74 Å². The third-order valence-corrected chi connectivity index (χ3v) is 2.43. The molecule has 1 rings (SSSR count). The number of aryl methyl sites for hydroxylation is 1. The van der Waals surface area contributed by atoms with E-state index >= 15 is 0 Å². The van der Waals surface area contributed by atoms with Crippen LogP contribution >= 0.6 is 0 Å². The van der Waals surface area contributed by atoms with Gasteiger partial charge in [-0.05, 0) is 24.5 Å². The maximum atomic E-state index is 10.4. The fourth-order valence-electron chi connectivity index (χ4n) is 1.45. The molecule has 1 aromatic rings. The van der Waals surface area contributed by atoms with Crippen LogP contribution in [0.4, 0.5) is 0 Å². The van der Waals surface area contributed by atoms with Crippen LogP contribution in [0.2, 0.25) is 0 Å². The quantitative estimate of drug-likeness (QED) is 0.654. The average Bonchev–Trinajstić information content (AvgIpc) is 2.27. The first-order chi connectivity index (χ1) is 8.09. The molecule has 0 amide bonds. The second kappa shape index (κ2) is 6.91. The van der Waals surface area contributed by atoms with Crippen LogP contribution in [-0.4, -0.2) is 33.2 Å². The molecule has 0 bridgehead atoms. The number of para-hydroxylation sites is 1. The van der Waals surface area contributed by atoms with Crippen molar-refractivity contribution >= 4 is 5.97 Å². The van der Waals surface area contributed by atoms with Gasteiger partial charge in [0.25, 0.3) is 0 Å². The highest BCUT2D eigenvalue weighted by Crippen LogP contribution is 2.19. The van der Waals surface area contributed by atoms with Gasteiger partial charge in [-0.3, -0.25) is 0 Å². The summed E-state index contributed by atoms with van der Waals surface area (Å²) in [5.74, 6) is -0.257. The summed E-state index contributed by atoms with van der Waals surface area (Å²) in [5, 5.41) is 10.4. The molecule has 0 radical (unpaired) electrons. The van der Waals surface area contributed by atoms with Gasteiger partial charge in [-0.25, -0.2) is 0 Å². The van der Waals surface area contributed by atoms with Crippen molar-refractivity contribution in [3.8, 4) is 5.75 Å². The summed E-state index contributed by atoms with van der Waals surface area (Å²) < 4.78 is 5.65. The topological polar surface area (TPSA) is 53.8 Å². The number of carboxylic acids is 1. The molecule has 17 heavy (non-hydrogen) atoms. The van der Waals surface area contributed by atoms with Crippen molar-refractivity contribution in [1.29, 1.82) is 0 Å². The minimum atomic E-state index is -1.03. The van der Waals surface area contributed by atoms with Gasteiger partial charge >= 0.3 is 0 Å². The van der Waals surface area contributed by atoms with Crippen LogP contribution < -0.4 is 14.7 Å². The van der Waals surface area contributed by atoms with Crippen molar-refractivity contribution in [2.24, 2.45) is 0 Å². The minimum Gasteiger partial charge on any atom is -0.550 e. The molecule has 0 aliphatic rings. The Bertz CT molecular complexity index is 363. The summed E-state index contributed by atoms with van der Waals surface area (Å²) in [4.78, 5) is 11.7. The monoisotopic (exact) mass is 237 g/mol. The molecule has 1 aromatic carbocycles. The van der Waals surface area contributed by atoms with Crippen molar-refractivity contribution in [1.82, 2.24) is 0 Å². The molecule has 4 nitrogen and oxygen atoms in total. The largest absolute Gasteiger partial charge is 0.550 e. The Morgan fingerprint density at radius 2 is 2.06 bits per heavy atom. The Hall–Kier alpha value is -1.55. The zero-order chi connectivity index (χ0) is 12.7. The molecule has 4 heteroatoms. The van der Waals surface area contributed by atoms with Crippen LogP contribution in [0.1, 0.15) is 12.0 Å². The van der Waals surface area contributed by atoms with Crippen LogP contribution in [0.3, 0.4) is 0 Å². The summed E-state index contributed by atoms with van der Waals surface area (Å²) in [6.45, 7) is 1.54. The smallest absolute Gasteiger partial charge is 0.137 e. The molecular weight excluding hydrogens is 218 g/mol. The fraction of sp³-hybridized carbons (Fsp3) is 0.462. The molecule has 0 unspecified atom stereocenters. The van der Waals surface area contributed by atoms with E-state index in [2.05, 4.69) is 14.1 Å². The van der Waals surface area contributed by atoms with Crippen LogP contribution in [0.25, 0.3) is 0 Å². The normalized spacial score (nSPS) is 10.5. The van der Waals surface area contributed by atoms with Gasteiger partial charge in [0, 0.05) is 5.97 Å². The van der Waals surface area contributed by atoms with Gasteiger partial charge in [0.05, 0.1) is 14.1 Å². The molecule has 0 heterocycles. The summed E-state index contributed by atoms with van der Waals surface area (Å²) in [6.07, 6.45) is 0.479. The van der Waals surface area contributed by atoms with E-state index < -0.39 is 5.97 Å². The second-order valence-electron chi connectivity index (χ2n) is 4.29. The maximum Gasteiger partial charge on any atom is 0.137 e. The molecule has 0 saturated heterocycles. The Morgan fingerprint density at radius 1 is 1.35 bits per heavy atom. The standard InChI is InChI=1S/C13H19NO3/c1-14(2)9-10-17-12-6-4-3-5-11(12)7-8-13(15)16/h3-6H,7-10H2,1-2H3,(H,15,16). The Balaban J connectivity index is 2.54. The third kappa shape index (κ3) is 5.36. The van der Waals surface area contributed by atoms with E-state index in [1.807, 2.05) is 24.3 Å². The summed E-state index contributed by atoms with van der Waals surface area (Å²) in [5.41, 5.74) is 0.922. The minimum absolute atomic E-state index is 0.0271. The number of benzene rings is 1. The molecule has 0 aliphatic heterocycles. The first-order valence-corrected chi connectivity index (χ1v) is 5.79. The van der Waals surface area contributed by atoms with Crippen LogP contribution in [0.5, 0.6) is 5.75 Å². The lowest BCUT2D eigenvalue weighted by atomic mass is 10.1. The molecule has 0 aromatic heterocycles. The van der Waals surface area contributed by atoms with Crippen molar-refractivity contribution in [3.05, 3.63) is 29.8 Å². The van der Waals surface area contributed by atoms with Crippen LogP contribution in [0, 0.1) is 0 Å². The Labute approximate surface area is 102 Å². The molecule has 0 spiro atoms. The second-order valence-corrected chi connectivity index (χ2v) is 4.29. The molecule has 0 atom stereocenters. The molecular formula is C13H19NO3. The summed E-state index contributed by atoms with van der Waals surface area (Å²) in [7, 11) is 4.12. The van der Waals surface area contributed by atoms with E-state index in [1.54, 1.807) is 0 Å². The van der Waals surface area contributed by atoms with E-state index in [9.17, 15) is 9.90 Å². The number of carbonyl (C=O) groups is 1. The van der Waals surface area contributed by atoms with Crippen molar-refractivity contribution in [2.75, 3.05) is 27.2 Å². The van der Waals surface area contributed by atoms with Gasteiger partial charge in [0.2, 0.25) is 0 Å². The summed E-state index contributed by atoms with van der Waals surface area (Å²) >= 11 is 0. The highest BCUT2D eigenvalue weighted by Gasteiger charge is 2.03. The number of carboxylic acid groups (broad SMARTS) is 1. The van der Waals surface area contributed by atoms with Crippen molar-refractivity contribution in [3.63, 3.8) is 0 Å². The number of hydrogen-bond acceptors (Lipinski definition) is 3. The number of rotatable bonds is 7. The highest BCUT2D eigenvalue weighted by molar-refractivity contribution is 5.64.